The smallest absolute Gasteiger partial charge is 0.419 e. The molecule has 0 aliphatic carbocycles. The first kappa shape index (κ1) is 25.5. The summed E-state index contributed by atoms with van der Waals surface area (Å²) in [7, 11) is 0. The molecule has 2 fully saturated rings. The molecule has 2 aliphatic rings. The van der Waals surface area contributed by atoms with Gasteiger partial charge in [-0.05, 0) is 56.3 Å². The van der Waals surface area contributed by atoms with E-state index in [4.69, 9.17) is 16.3 Å². The number of pyridine rings is 1. The molecule has 2 saturated heterocycles. The first-order valence-corrected chi connectivity index (χ1v) is 12.4. The lowest BCUT2D eigenvalue weighted by Crippen LogP contribution is -2.47. The number of ether oxygens (including phenoxy) is 1. The maximum absolute atomic E-state index is 13.8. The fourth-order valence-electron chi connectivity index (χ4n) is 4.51. The lowest BCUT2D eigenvalue weighted by atomic mass is 10.1. The molecule has 2 aliphatic heterocycles. The second-order valence-corrected chi connectivity index (χ2v) is 9.34. The molecule has 0 amide bonds. The van der Waals surface area contributed by atoms with Gasteiger partial charge in [0, 0.05) is 44.0 Å². The SMILES string of the molecule is Fc1ccc(-c2cc(N3CCN(c4ncccc4C(F)(F)F)CC3)nc(OC3CCNCC3)n2)cc1Cl. The average Bonchev–Trinajstić information content (AvgIpc) is 2.90. The molecule has 3 aromatic rings. The van der Waals surface area contributed by atoms with Gasteiger partial charge in [-0.25, -0.2) is 9.37 Å². The first-order chi connectivity index (χ1) is 17.8. The monoisotopic (exact) mass is 536 g/mol. The molecule has 7 nitrogen and oxygen atoms in total. The Balaban J connectivity index is 1.40. The number of alkyl halides is 3. The molecule has 0 saturated carbocycles. The van der Waals surface area contributed by atoms with Gasteiger partial charge in [0.15, 0.2) is 0 Å². The number of hydrogen-bond acceptors (Lipinski definition) is 7. The van der Waals surface area contributed by atoms with Crippen LogP contribution in [0, 0.1) is 5.82 Å². The summed E-state index contributed by atoms with van der Waals surface area (Å²) in [5, 5.41) is 3.26. The Morgan fingerprint density at radius 2 is 1.70 bits per heavy atom. The third kappa shape index (κ3) is 5.88. The Bertz CT molecular complexity index is 1250. The van der Waals surface area contributed by atoms with E-state index >= 15 is 0 Å². The highest BCUT2D eigenvalue weighted by atomic mass is 35.5. The van der Waals surface area contributed by atoms with Crippen molar-refractivity contribution in [3.05, 3.63) is 59.0 Å². The number of benzene rings is 1. The molecule has 4 heterocycles. The number of piperidine rings is 1. The van der Waals surface area contributed by atoms with Gasteiger partial charge in [-0.3, -0.25) is 0 Å². The molecular formula is C25H25ClF4N6O. The van der Waals surface area contributed by atoms with E-state index in [0.29, 0.717) is 43.3 Å². The van der Waals surface area contributed by atoms with Crippen molar-refractivity contribution >= 4 is 23.2 Å². The van der Waals surface area contributed by atoms with Gasteiger partial charge in [-0.1, -0.05) is 11.6 Å². The number of halogens is 5. The summed E-state index contributed by atoms with van der Waals surface area (Å²) < 4.78 is 60.4. The molecule has 5 rings (SSSR count). The molecule has 2 aromatic heterocycles. The van der Waals surface area contributed by atoms with Crippen LogP contribution in [-0.2, 0) is 6.18 Å². The number of anilines is 2. The molecule has 196 valence electrons. The summed E-state index contributed by atoms with van der Waals surface area (Å²) in [6, 6.07) is 8.65. The van der Waals surface area contributed by atoms with Gasteiger partial charge in [0.1, 0.15) is 23.6 Å². The van der Waals surface area contributed by atoms with Crippen LogP contribution in [0.3, 0.4) is 0 Å². The second kappa shape index (κ2) is 10.7. The predicted molar refractivity (Wildman–Crippen MR) is 133 cm³/mol. The van der Waals surface area contributed by atoms with Crippen molar-refractivity contribution < 1.29 is 22.3 Å². The van der Waals surface area contributed by atoms with Crippen LogP contribution in [0.15, 0.2) is 42.6 Å². The van der Waals surface area contributed by atoms with Crippen LogP contribution in [0.5, 0.6) is 6.01 Å². The molecule has 37 heavy (non-hydrogen) atoms. The molecule has 1 aromatic carbocycles. The van der Waals surface area contributed by atoms with Crippen LogP contribution in [0.25, 0.3) is 11.3 Å². The van der Waals surface area contributed by atoms with E-state index in [0.717, 1.165) is 32.0 Å². The van der Waals surface area contributed by atoms with Crippen molar-refractivity contribution in [1.82, 2.24) is 20.3 Å². The van der Waals surface area contributed by atoms with Crippen LogP contribution >= 0.6 is 11.6 Å². The predicted octanol–water partition coefficient (Wildman–Crippen LogP) is 4.81. The van der Waals surface area contributed by atoms with Crippen molar-refractivity contribution in [2.75, 3.05) is 49.1 Å². The standard InChI is InChI=1S/C25H25ClF4N6O/c26-19-14-16(3-4-20(19)27)21-15-22(34-24(33-21)37-17-5-8-31-9-6-17)35-10-12-36(13-11-35)23-18(25(28,29)30)2-1-7-32-23/h1-4,7,14-15,17,31H,5-6,8-13H2. The van der Waals surface area contributed by atoms with Crippen LogP contribution < -0.4 is 19.9 Å². The van der Waals surface area contributed by atoms with Gasteiger partial charge in [0.25, 0.3) is 0 Å². The normalized spacial score (nSPS) is 17.2. The van der Waals surface area contributed by atoms with E-state index in [-0.39, 0.29) is 23.0 Å². The minimum Gasteiger partial charge on any atom is -0.460 e. The Hall–Kier alpha value is -3.18. The van der Waals surface area contributed by atoms with Crippen LogP contribution in [0.4, 0.5) is 29.2 Å². The fourth-order valence-corrected chi connectivity index (χ4v) is 4.69. The lowest BCUT2D eigenvalue weighted by molar-refractivity contribution is -0.137. The average molecular weight is 537 g/mol. The lowest BCUT2D eigenvalue weighted by Gasteiger charge is -2.37. The highest BCUT2D eigenvalue weighted by Crippen LogP contribution is 2.36. The number of nitrogens with one attached hydrogen (secondary N) is 1. The third-order valence-electron chi connectivity index (χ3n) is 6.46. The van der Waals surface area contributed by atoms with Crippen molar-refractivity contribution in [2.24, 2.45) is 0 Å². The number of hydrogen-bond donors (Lipinski definition) is 1. The quantitative estimate of drug-likeness (QED) is 0.470. The molecule has 0 bridgehead atoms. The summed E-state index contributed by atoms with van der Waals surface area (Å²) in [6.45, 7) is 3.15. The molecule has 0 atom stereocenters. The number of aromatic nitrogens is 3. The summed E-state index contributed by atoms with van der Waals surface area (Å²) >= 11 is 6.01. The van der Waals surface area contributed by atoms with Gasteiger partial charge < -0.3 is 19.9 Å². The summed E-state index contributed by atoms with van der Waals surface area (Å²) in [4.78, 5) is 16.8. The Kier molecular flexibility index (Phi) is 7.34. The molecule has 12 heteroatoms. The van der Waals surface area contributed by atoms with Crippen LogP contribution in [0.2, 0.25) is 5.02 Å². The summed E-state index contributed by atoms with van der Waals surface area (Å²) in [5.74, 6) is -0.0326. The van der Waals surface area contributed by atoms with Crippen molar-refractivity contribution in [2.45, 2.75) is 25.1 Å². The maximum atomic E-state index is 13.8. The zero-order valence-electron chi connectivity index (χ0n) is 19.8. The molecule has 0 unspecified atom stereocenters. The van der Waals surface area contributed by atoms with Crippen molar-refractivity contribution in [1.29, 1.82) is 0 Å². The largest absolute Gasteiger partial charge is 0.460 e. The molecular weight excluding hydrogens is 512 g/mol. The zero-order chi connectivity index (χ0) is 26.0. The minimum atomic E-state index is -4.49. The Morgan fingerprint density at radius 3 is 2.41 bits per heavy atom. The number of rotatable bonds is 5. The van der Waals surface area contributed by atoms with Gasteiger partial charge in [0.05, 0.1) is 16.3 Å². The van der Waals surface area contributed by atoms with E-state index < -0.39 is 17.6 Å². The number of piperazine rings is 1. The van der Waals surface area contributed by atoms with Crippen molar-refractivity contribution in [3.8, 4) is 17.3 Å². The zero-order valence-corrected chi connectivity index (χ0v) is 20.6. The van der Waals surface area contributed by atoms with E-state index in [2.05, 4.69) is 20.3 Å². The highest BCUT2D eigenvalue weighted by molar-refractivity contribution is 6.31. The van der Waals surface area contributed by atoms with E-state index in [1.165, 1.54) is 24.4 Å². The molecule has 1 N–H and O–H groups in total. The van der Waals surface area contributed by atoms with Gasteiger partial charge in [-0.2, -0.15) is 23.1 Å². The Morgan fingerprint density at radius 1 is 0.973 bits per heavy atom. The van der Waals surface area contributed by atoms with E-state index in [1.54, 1.807) is 17.0 Å². The Labute approximate surface area is 216 Å². The van der Waals surface area contributed by atoms with Crippen LogP contribution in [0.1, 0.15) is 18.4 Å². The maximum Gasteiger partial charge on any atom is 0.419 e. The van der Waals surface area contributed by atoms with Gasteiger partial charge >= 0.3 is 12.2 Å². The summed E-state index contributed by atoms with van der Waals surface area (Å²) in [5.41, 5.74) is 0.369. The van der Waals surface area contributed by atoms with E-state index in [1.807, 2.05) is 4.90 Å². The topological polar surface area (TPSA) is 66.4 Å². The van der Waals surface area contributed by atoms with Gasteiger partial charge in [0.2, 0.25) is 0 Å². The first-order valence-electron chi connectivity index (χ1n) is 12.0. The molecule has 0 radical (unpaired) electrons. The molecule has 0 spiro atoms. The van der Waals surface area contributed by atoms with E-state index in [9.17, 15) is 17.6 Å². The van der Waals surface area contributed by atoms with Crippen molar-refractivity contribution in [3.63, 3.8) is 0 Å². The summed E-state index contributed by atoms with van der Waals surface area (Å²) in [6.07, 6.45) is -1.53. The third-order valence-corrected chi connectivity index (χ3v) is 6.75. The fraction of sp³-hybridized carbons (Fsp3) is 0.400. The second-order valence-electron chi connectivity index (χ2n) is 8.94. The van der Waals surface area contributed by atoms with Crippen LogP contribution in [-0.4, -0.2) is 60.3 Å². The minimum absolute atomic E-state index is 0.0251. The number of nitrogens with zero attached hydrogens (tertiary/aromatic N) is 5. The highest BCUT2D eigenvalue weighted by Gasteiger charge is 2.36. The van der Waals surface area contributed by atoms with Gasteiger partial charge in [-0.15, -0.1) is 0 Å².